The number of hydrogen-bond acceptors (Lipinski definition) is 3. The van der Waals surface area contributed by atoms with Crippen molar-refractivity contribution in [2.24, 2.45) is 0 Å². The molecule has 2 N–H and O–H groups in total. The second kappa shape index (κ2) is 5.40. The normalized spacial score (nSPS) is 10.4. The summed E-state index contributed by atoms with van der Waals surface area (Å²) in [4.78, 5) is 23.9. The van der Waals surface area contributed by atoms with Crippen molar-refractivity contribution in [1.82, 2.24) is 4.90 Å². The first-order chi connectivity index (χ1) is 7.90. The summed E-state index contributed by atoms with van der Waals surface area (Å²) in [5.74, 6) is -2.30. The number of hydrogen-bond donors (Lipinski definition) is 2. The van der Waals surface area contributed by atoms with Crippen LogP contribution >= 0.6 is 0 Å². The minimum atomic E-state index is -1.29. The SMILES string of the molecule is CN(C)CC(=O)Nc1ccc(F)cc1C(=O)O. The Kier molecular flexibility index (Phi) is 4.17. The molecule has 92 valence electrons. The maximum atomic E-state index is 12.9. The smallest absolute Gasteiger partial charge is 0.337 e. The summed E-state index contributed by atoms with van der Waals surface area (Å²) < 4.78 is 12.9. The Labute approximate surface area is 97.8 Å². The van der Waals surface area contributed by atoms with Gasteiger partial charge in [0, 0.05) is 0 Å². The average Bonchev–Trinajstić information content (AvgIpc) is 2.19. The number of benzene rings is 1. The fraction of sp³-hybridized carbons (Fsp3) is 0.273. The van der Waals surface area contributed by atoms with Crippen LogP contribution in [0.15, 0.2) is 18.2 Å². The zero-order chi connectivity index (χ0) is 13.0. The van der Waals surface area contributed by atoms with Crippen LogP contribution in [0.4, 0.5) is 10.1 Å². The summed E-state index contributed by atoms with van der Waals surface area (Å²) in [6.45, 7) is 0.121. The lowest BCUT2D eigenvalue weighted by atomic mass is 10.1. The van der Waals surface area contributed by atoms with Crippen LogP contribution in [0.1, 0.15) is 10.4 Å². The highest BCUT2D eigenvalue weighted by molar-refractivity contribution is 6.01. The highest BCUT2D eigenvalue weighted by atomic mass is 19.1. The van der Waals surface area contributed by atoms with Crippen LogP contribution in [0.2, 0.25) is 0 Å². The molecule has 1 aromatic carbocycles. The van der Waals surface area contributed by atoms with Crippen LogP contribution in [-0.2, 0) is 4.79 Å². The fourth-order valence-corrected chi connectivity index (χ4v) is 1.28. The number of nitrogens with zero attached hydrogens (tertiary/aromatic N) is 1. The first-order valence-electron chi connectivity index (χ1n) is 4.87. The molecule has 0 bridgehead atoms. The van der Waals surface area contributed by atoms with Gasteiger partial charge < -0.3 is 15.3 Å². The third-order valence-corrected chi connectivity index (χ3v) is 1.95. The van der Waals surface area contributed by atoms with E-state index in [2.05, 4.69) is 5.32 Å². The van der Waals surface area contributed by atoms with Gasteiger partial charge in [-0.25, -0.2) is 9.18 Å². The van der Waals surface area contributed by atoms with Crippen LogP contribution in [0.25, 0.3) is 0 Å². The topological polar surface area (TPSA) is 69.6 Å². The number of carboxylic acids is 1. The Hall–Kier alpha value is -1.95. The van der Waals surface area contributed by atoms with E-state index in [0.717, 1.165) is 12.1 Å². The molecule has 17 heavy (non-hydrogen) atoms. The molecule has 0 aliphatic rings. The van der Waals surface area contributed by atoms with E-state index in [9.17, 15) is 14.0 Å². The zero-order valence-corrected chi connectivity index (χ0v) is 9.53. The van der Waals surface area contributed by atoms with E-state index in [1.807, 2.05) is 0 Å². The molecule has 6 heteroatoms. The number of nitrogens with one attached hydrogen (secondary N) is 1. The molecule has 0 aliphatic carbocycles. The number of carboxylic acid groups (broad SMARTS) is 1. The van der Waals surface area contributed by atoms with E-state index < -0.39 is 11.8 Å². The monoisotopic (exact) mass is 240 g/mol. The molecule has 0 spiro atoms. The molecule has 0 atom stereocenters. The molecule has 0 heterocycles. The fourth-order valence-electron chi connectivity index (χ4n) is 1.28. The molecular formula is C11H13FN2O3. The van der Waals surface area contributed by atoms with E-state index in [4.69, 9.17) is 5.11 Å². The number of carbonyl (C=O) groups is 2. The van der Waals surface area contributed by atoms with Crippen molar-refractivity contribution in [2.75, 3.05) is 26.0 Å². The summed E-state index contributed by atoms with van der Waals surface area (Å²) in [5, 5.41) is 11.3. The van der Waals surface area contributed by atoms with Gasteiger partial charge in [-0.1, -0.05) is 0 Å². The van der Waals surface area contributed by atoms with Crippen molar-refractivity contribution < 1.29 is 19.1 Å². The maximum Gasteiger partial charge on any atom is 0.337 e. The molecule has 1 amide bonds. The lowest BCUT2D eigenvalue weighted by Gasteiger charge is -2.11. The average molecular weight is 240 g/mol. The Balaban J connectivity index is 2.91. The van der Waals surface area contributed by atoms with Gasteiger partial charge in [0.15, 0.2) is 0 Å². The van der Waals surface area contributed by atoms with Crippen LogP contribution in [0.3, 0.4) is 0 Å². The molecule has 0 aromatic heterocycles. The third kappa shape index (κ3) is 3.84. The number of aromatic carboxylic acids is 1. The highest BCUT2D eigenvalue weighted by Gasteiger charge is 2.13. The van der Waals surface area contributed by atoms with Crippen LogP contribution in [0.5, 0.6) is 0 Å². The van der Waals surface area contributed by atoms with Crippen LogP contribution in [-0.4, -0.2) is 42.5 Å². The third-order valence-electron chi connectivity index (χ3n) is 1.95. The standard InChI is InChI=1S/C11H13FN2O3/c1-14(2)6-10(15)13-9-4-3-7(12)5-8(9)11(16)17/h3-5H,6H2,1-2H3,(H,13,15)(H,16,17). The molecule has 0 saturated carbocycles. The molecule has 1 aromatic rings. The van der Waals surface area contributed by atoms with E-state index in [-0.39, 0.29) is 23.7 Å². The summed E-state index contributed by atoms with van der Waals surface area (Å²) in [7, 11) is 3.42. The minimum Gasteiger partial charge on any atom is -0.478 e. The van der Waals surface area contributed by atoms with Crippen molar-refractivity contribution >= 4 is 17.6 Å². The van der Waals surface area contributed by atoms with E-state index in [1.165, 1.54) is 6.07 Å². The molecule has 0 radical (unpaired) electrons. The molecular weight excluding hydrogens is 227 g/mol. The second-order valence-electron chi connectivity index (χ2n) is 3.78. The Morgan fingerprint density at radius 3 is 2.59 bits per heavy atom. The van der Waals surface area contributed by atoms with Gasteiger partial charge in [0.1, 0.15) is 5.82 Å². The number of anilines is 1. The number of carbonyl (C=O) groups excluding carboxylic acids is 1. The maximum absolute atomic E-state index is 12.9. The van der Waals surface area contributed by atoms with Gasteiger partial charge in [-0.15, -0.1) is 0 Å². The van der Waals surface area contributed by atoms with Crippen molar-refractivity contribution in [3.05, 3.63) is 29.6 Å². The summed E-state index contributed by atoms with van der Waals surface area (Å²) in [5.41, 5.74) is -0.178. The van der Waals surface area contributed by atoms with Gasteiger partial charge in [0.25, 0.3) is 0 Å². The van der Waals surface area contributed by atoms with Crippen molar-refractivity contribution in [1.29, 1.82) is 0 Å². The number of rotatable bonds is 4. The van der Waals surface area contributed by atoms with Crippen molar-refractivity contribution in [3.8, 4) is 0 Å². The molecule has 0 fully saturated rings. The van der Waals surface area contributed by atoms with E-state index in [0.29, 0.717) is 0 Å². The molecule has 0 unspecified atom stereocenters. The Morgan fingerprint density at radius 1 is 1.41 bits per heavy atom. The molecule has 5 nitrogen and oxygen atoms in total. The van der Waals surface area contributed by atoms with E-state index in [1.54, 1.807) is 19.0 Å². The summed E-state index contributed by atoms with van der Waals surface area (Å²) in [6, 6.07) is 3.19. The number of likely N-dealkylation sites (N-methyl/N-ethyl adjacent to an activating group) is 1. The first kappa shape index (κ1) is 13.1. The van der Waals surface area contributed by atoms with Gasteiger partial charge >= 0.3 is 5.97 Å². The summed E-state index contributed by atoms with van der Waals surface area (Å²) >= 11 is 0. The molecule has 1 rings (SSSR count). The van der Waals surface area contributed by atoms with Crippen molar-refractivity contribution in [3.63, 3.8) is 0 Å². The molecule has 0 aliphatic heterocycles. The van der Waals surface area contributed by atoms with Gasteiger partial charge in [-0.2, -0.15) is 0 Å². The largest absolute Gasteiger partial charge is 0.478 e. The summed E-state index contributed by atoms with van der Waals surface area (Å²) in [6.07, 6.45) is 0. The number of amides is 1. The van der Waals surface area contributed by atoms with E-state index >= 15 is 0 Å². The highest BCUT2D eigenvalue weighted by Crippen LogP contribution is 2.16. The predicted octanol–water partition coefficient (Wildman–Crippen LogP) is 1.02. The zero-order valence-electron chi connectivity index (χ0n) is 9.53. The lowest BCUT2D eigenvalue weighted by molar-refractivity contribution is -0.116. The minimum absolute atomic E-state index is 0.0887. The Bertz CT molecular complexity index is 446. The quantitative estimate of drug-likeness (QED) is 0.824. The lowest BCUT2D eigenvalue weighted by Crippen LogP contribution is -2.27. The van der Waals surface area contributed by atoms with Gasteiger partial charge in [0.05, 0.1) is 17.8 Å². The van der Waals surface area contributed by atoms with Crippen LogP contribution in [0, 0.1) is 5.82 Å². The molecule has 0 saturated heterocycles. The first-order valence-corrected chi connectivity index (χ1v) is 4.87. The van der Waals surface area contributed by atoms with Gasteiger partial charge in [-0.3, -0.25) is 4.79 Å². The predicted molar refractivity (Wildman–Crippen MR) is 60.5 cm³/mol. The number of halogens is 1. The second-order valence-corrected chi connectivity index (χ2v) is 3.78. The van der Waals surface area contributed by atoms with Crippen molar-refractivity contribution in [2.45, 2.75) is 0 Å². The van der Waals surface area contributed by atoms with Crippen LogP contribution < -0.4 is 5.32 Å². The van der Waals surface area contributed by atoms with Gasteiger partial charge in [0.2, 0.25) is 5.91 Å². The van der Waals surface area contributed by atoms with Gasteiger partial charge in [-0.05, 0) is 32.3 Å². The Morgan fingerprint density at radius 2 is 2.06 bits per heavy atom.